The summed E-state index contributed by atoms with van der Waals surface area (Å²) in [7, 11) is 3.26. The van der Waals surface area contributed by atoms with Gasteiger partial charge in [-0.05, 0) is 125 Å². The summed E-state index contributed by atoms with van der Waals surface area (Å²) in [5.74, 6) is 0.833. The van der Waals surface area contributed by atoms with E-state index in [1.165, 1.54) is 57.9 Å². The molecule has 1 fully saturated rings. The van der Waals surface area contributed by atoms with Gasteiger partial charge in [-0.3, -0.25) is 20.0 Å². The average molecular weight is 742 g/mol. The first-order valence-electron chi connectivity index (χ1n) is 20.3. The van der Waals surface area contributed by atoms with E-state index in [0.29, 0.717) is 18.1 Å². The number of ketones is 1. The molecule has 1 aliphatic carbocycles. The molecular weight excluding hydrogens is 671 g/mol. The van der Waals surface area contributed by atoms with Crippen molar-refractivity contribution in [1.29, 1.82) is 0 Å². The smallest absolute Gasteiger partial charge is 0.221 e. The fraction of sp³-hybridized carbons (Fsp3) is 0.543. The number of methoxy groups -OCH3 is 1. The Bertz CT molecular complexity index is 1720. The van der Waals surface area contributed by atoms with E-state index in [-0.39, 0.29) is 11.5 Å². The van der Waals surface area contributed by atoms with Crippen LogP contribution in [-0.4, -0.2) is 42.4 Å². The molecule has 0 saturated heterocycles. The number of amides is 1. The quantitative estimate of drug-likeness (QED) is 0.0532. The third kappa shape index (κ3) is 13.5. The Kier molecular flexibility index (Phi) is 20.4. The minimum atomic E-state index is -0.101. The van der Waals surface area contributed by atoms with Crippen LogP contribution in [0.25, 0.3) is 33.3 Å². The number of nitrogens with two attached hydrogens (primary N) is 1. The molecule has 0 spiro atoms. The van der Waals surface area contributed by atoms with Gasteiger partial charge in [0, 0.05) is 48.8 Å². The second-order valence-corrected chi connectivity index (χ2v) is 14.8. The number of nitrogens with one attached hydrogen (secondary N) is 2. The van der Waals surface area contributed by atoms with Crippen molar-refractivity contribution in [2.75, 3.05) is 20.7 Å². The molecule has 54 heavy (non-hydrogen) atoms. The molecule has 1 amide bonds. The zero-order valence-electron chi connectivity index (χ0n) is 35.4. The van der Waals surface area contributed by atoms with Gasteiger partial charge in [-0.1, -0.05) is 84.2 Å². The monoisotopic (exact) mass is 742 g/mol. The molecule has 1 saturated carbocycles. The van der Waals surface area contributed by atoms with Crippen LogP contribution < -0.4 is 16.6 Å². The third-order valence-corrected chi connectivity index (χ3v) is 10.2. The highest BCUT2D eigenvalue weighted by atomic mass is 16.5. The van der Waals surface area contributed by atoms with Crippen LogP contribution in [-0.2, 0) is 33.7 Å². The number of benzene rings is 2. The predicted octanol–water partition coefficient (Wildman–Crippen LogP) is 10.3. The summed E-state index contributed by atoms with van der Waals surface area (Å²) in [6.07, 6.45) is 12.5. The first kappa shape index (κ1) is 46.3. The van der Waals surface area contributed by atoms with E-state index in [1.54, 1.807) is 14.0 Å². The van der Waals surface area contributed by atoms with Crippen LogP contribution in [0.15, 0.2) is 54.7 Å². The number of pyridine rings is 1. The van der Waals surface area contributed by atoms with Gasteiger partial charge in [0.2, 0.25) is 6.41 Å². The maximum Gasteiger partial charge on any atom is 0.221 e. The molecule has 0 aliphatic heterocycles. The number of ether oxygens (including phenoxy) is 1. The number of carbonyl (C=O) groups is 2. The van der Waals surface area contributed by atoms with E-state index in [1.807, 2.05) is 20.0 Å². The molecule has 1 aliphatic rings. The predicted molar refractivity (Wildman–Crippen MR) is 228 cm³/mol. The van der Waals surface area contributed by atoms with Crippen LogP contribution in [0.5, 0.6) is 0 Å². The van der Waals surface area contributed by atoms with Gasteiger partial charge < -0.3 is 15.0 Å². The van der Waals surface area contributed by atoms with Crippen molar-refractivity contribution < 1.29 is 14.3 Å². The zero-order chi connectivity index (χ0) is 40.3. The molecule has 298 valence electrons. The Morgan fingerprint density at radius 1 is 1.04 bits per heavy atom. The number of nitrogens with zero attached hydrogens (tertiary/aromatic N) is 2. The highest BCUT2D eigenvalue weighted by molar-refractivity contribution is 5.95. The van der Waals surface area contributed by atoms with E-state index in [0.717, 1.165) is 75.7 Å². The van der Waals surface area contributed by atoms with E-state index in [2.05, 4.69) is 111 Å². The van der Waals surface area contributed by atoms with Crippen LogP contribution in [0.4, 0.5) is 0 Å². The average Bonchev–Trinajstić information content (AvgIpc) is 4.01. The number of hydrogen-bond acceptors (Lipinski definition) is 6. The van der Waals surface area contributed by atoms with Crippen molar-refractivity contribution in [1.82, 2.24) is 20.4 Å². The highest BCUT2D eigenvalue weighted by Crippen LogP contribution is 2.42. The number of carbonyl (C=O) groups excluding carboxylic acids is 2. The standard InChI is InChI=1S/C38H52N4O2.C5H8O.C2H6.CH5N/c1-8-38(5,6)24-34-32-23-31(30-17-14-16-29(22-30)15-12-10-11-13-20-40-41-26-43)18-19-35(32)42(9-2)37(34)33-21-27(3)25-39-36(33)28(4)44-7;1-4(6)5-2-3-5;2*1-2/h14,16-19,21-23,25-26,28,40H,8-13,15,20,24H2,1-7H3,(H,41,43);5H,2-3H2,1H3;1-2H3;2H2,1H3. The lowest BCUT2D eigenvalue weighted by atomic mass is 9.81. The molecule has 2 aromatic heterocycles. The number of hydrazine groups is 1. The van der Waals surface area contributed by atoms with Gasteiger partial charge in [-0.25, -0.2) is 5.43 Å². The summed E-state index contributed by atoms with van der Waals surface area (Å²) in [5.41, 5.74) is 21.3. The van der Waals surface area contributed by atoms with E-state index in [4.69, 9.17) is 9.72 Å². The Hall–Kier alpha value is -3.85. The summed E-state index contributed by atoms with van der Waals surface area (Å²) < 4.78 is 8.30. The molecule has 1 atom stereocenters. The molecule has 0 bridgehead atoms. The number of hydrogen-bond donors (Lipinski definition) is 3. The number of aromatic nitrogens is 2. The lowest BCUT2D eigenvalue weighted by molar-refractivity contribution is -0.118. The van der Waals surface area contributed by atoms with Gasteiger partial charge >= 0.3 is 0 Å². The lowest BCUT2D eigenvalue weighted by Crippen LogP contribution is -2.30. The Labute approximate surface area is 327 Å². The van der Waals surface area contributed by atoms with Crippen molar-refractivity contribution in [2.24, 2.45) is 17.1 Å². The van der Waals surface area contributed by atoms with Gasteiger partial charge in [0.15, 0.2) is 0 Å². The second kappa shape index (κ2) is 23.8. The van der Waals surface area contributed by atoms with E-state index >= 15 is 0 Å². The van der Waals surface area contributed by atoms with Crippen LogP contribution in [0.1, 0.15) is 129 Å². The van der Waals surface area contributed by atoms with Crippen molar-refractivity contribution in [3.63, 3.8) is 0 Å². The SMILES string of the molecule is CC.CC(=O)C1CC1.CCn1c(-c2cc(C)cnc2C(C)OC)c(CC(C)(C)CC)c2cc(-c3cccc(CCCCCCNNC=O)c3)ccc21.CN. The Balaban J connectivity index is 0.000000892. The summed E-state index contributed by atoms with van der Waals surface area (Å²) in [4.78, 5) is 25.4. The van der Waals surface area contributed by atoms with Gasteiger partial charge in [0.25, 0.3) is 0 Å². The van der Waals surface area contributed by atoms with Crippen LogP contribution in [0.2, 0.25) is 0 Å². The van der Waals surface area contributed by atoms with Gasteiger partial charge in [-0.2, -0.15) is 0 Å². The molecule has 8 nitrogen and oxygen atoms in total. The molecule has 8 heteroatoms. The summed E-state index contributed by atoms with van der Waals surface area (Å²) in [6.45, 7) is 20.9. The second-order valence-electron chi connectivity index (χ2n) is 14.8. The minimum Gasteiger partial charge on any atom is -0.375 e. The van der Waals surface area contributed by atoms with Crippen molar-refractivity contribution in [2.45, 2.75) is 133 Å². The molecule has 4 aromatic rings. The first-order chi connectivity index (χ1) is 26.0. The highest BCUT2D eigenvalue weighted by Gasteiger charge is 2.28. The summed E-state index contributed by atoms with van der Waals surface area (Å²) in [5, 5.41) is 1.33. The number of unbranched alkanes of at least 4 members (excludes halogenated alkanes) is 3. The molecule has 4 N–H and O–H groups in total. The third-order valence-electron chi connectivity index (χ3n) is 10.2. The fourth-order valence-corrected chi connectivity index (χ4v) is 6.63. The minimum absolute atomic E-state index is 0.101. The number of rotatable bonds is 18. The number of Topliss-reactive ketones (excluding diaryl/α,β-unsaturated/α-hetero) is 1. The van der Waals surface area contributed by atoms with Crippen LogP contribution >= 0.6 is 0 Å². The van der Waals surface area contributed by atoms with E-state index in [9.17, 15) is 9.59 Å². The number of aryl methyl sites for hydroxylation is 3. The molecule has 1 unspecified atom stereocenters. The number of fused-ring (bicyclic) bond motifs is 1. The maximum atomic E-state index is 10.3. The van der Waals surface area contributed by atoms with Crippen molar-refractivity contribution in [3.05, 3.63) is 77.1 Å². The molecule has 5 rings (SSSR count). The lowest BCUT2D eigenvalue weighted by Gasteiger charge is -2.24. The largest absolute Gasteiger partial charge is 0.375 e. The topological polar surface area (TPSA) is 111 Å². The molecular formula is C46H71N5O3. The first-order valence-corrected chi connectivity index (χ1v) is 20.3. The molecule has 2 aromatic carbocycles. The van der Waals surface area contributed by atoms with Crippen molar-refractivity contribution in [3.8, 4) is 22.4 Å². The van der Waals surface area contributed by atoms with E-state index < -0.39 is 0 Å². The fourth-order valence-electron chi connectivity index (χ4n) is 6.63. The Morgan fingerprint density at radius 3 is 2.31 bits per heavy atom. The maximum absolute atomic E-state index is 10.3. The molecule has 0 radical (unpaired) electrons. The van der Waals surface area contributed by atoms with Gasteiger partial charge in [-0.15, -0.1) is 0 Å². The van der Waals surface area contributed by atoms with Gasteiger partial charge in [0.1, 0.15) is 5.78 Å². The van der Waals surface area contributed by atoms with Crippen molar-refractivity contribution >= 4 is 23.1 Å². The van der Waals surface area contributed by atoms with Crippen LogP contribution in [0, 0.1) is 18.3 Å². The Morgan fingerprint density at radius 2 is 1.72 bits per heavy atom. The molecule has 2 heterocycles. The zero-order valence-corrected chi connectivity index (χ0v) is 35.4. The van der Waals surface area contributed by atoms with Crippen LogP contribution in [0.3, 0.4) is 0 Å². The van der Waals surface area contributed by atoms with Gasteiger partial charge in [0.05, 0.1) is 17.5 Å². The summed E-state index contributed by atoms with van der Waals surface area (Å²) in [6, 6.07) is 18.4. The summed E-state index contributed by atoms with van der Waals surface area (Å²) >= 11 is 0. The normalized spacial score (nSPS) is 12.7.